The van der Waals surface area contributed by atoms with Gasteiger partial charge in [-0.3, -0.25) is 4.90 Å². The minimum atomic E-state index is -0.678. The molecule has 1 heterocycles. The first-order valence-corrected chi connectivity index (χ1v) is 13.2. The molecule has 36 heavy (non-hydrogen) atoms. The van der Waals surface area contributed by atoms with Crippen LogP contribution in [0, 0.1) is 0 Å². The van der Waals surface area contributed by atoms with Crippen LogP contribution in [-0.2, 0) is 31.8 Å². The van der Waals surface area contributed by atoms with E-state index in [9.17, 15) is 9.59 Å². The van der Waals surface area contributed by atoms with Gasteiger partial charge in [-0.15, -0.1) is 0 Å². The molecule has 3 rings (SSSR count). The van der Waals surface area contributed by atoms with Crippen LogP contribution in [0.5, 0.6) is 0 Å². The van der Waals surface area contributed by atoms with E-state index < -0.39 is 17.7 Å². The molecule has 2 aromatic rings. The fourth-order valence-electron chi connectivity index (χ4n) is 4.33. The Bertz CT molecular complexity index is 925. The summed E-state index contributed by atoms with van der Waals surface area (Å²) in [7, 11) is 0. The number of likely N-dealkylation sites (tertiary alicyclic amines) is 1. The van der Waals surface area contributed by atoms with Crippen LogP contribution in [0.15, 0.2) is 60.7 Å². The maximum atomic E-state index is 12.9. The third-order valence-electron chi connectivity index (χ3n) is 6.17. The third-order valence-corrected chi connectivity index (χ3v) is 6.17. The molecule has 0 saturated carbocycles. The van der Waals surface area contributed by atoms with Crippen molar-refractivity contribution in [1.29, 1.82) is 0 Å². The first kappa shape index (κ1) is 27.7. The standard InChI is InChI=1S/C30H41NO5/c1-30(2,3)36-29(33)31-23-26(34-20-12-10-18-24-14-6-4-7-15-24)22-27(31)28(32)35-21-13-11-19-25-16-8-5-9-17-25/h4-9,14-17,26-27H,10-13,18-23H2,1-3H3/t26-,27+/m1/s1. The van der Waals surface area contributed by atoms with E-state index in [1.54, 1.807) is 0 Å². The maximum absolute atomic E-state index is 12.9. The Kier molecular flexibility index (Phi) is 10.8. The first-order valence-electron chi connectivity index (χ1n) is 13.2. The molecule has 1 saturated heterocycles. The van der Waals surface area contributed by atoms with E-state index in [4.69, 9.17) is 14.2 Å². The molecule has 1 amide bonds. The van der Waals surface area contributed by atoms with Gasteiger partial charge < -0.3 is 14.2 Å². The predicted molar refractivity (Wildman–Crippen MR) is 141 cm³/mol. The van der Waals surface area contributed by atoms with Crippen LogP contribution in [0.1, 0.15) is 64.0 Å². The molecule has 0 radical (unpaired) electrons. The zero-order chi connectivity index (χ0) is 25.8. The van der Waals surface area contributed by atoms with Gasteiger partial charge in [-0.25, -0.2) is 9.59 Å². The van der Waals surface area contributed by atoms with Gasteiger partial charge in [-0.2, -0.15) is 0 Å². The number of benzene rings is 2. The molecule has 2 atom stereocenters. The topological polar surface area (TPSA) is 65.1 Å². The van der Waals surface area contributed by atoms with Crippen LogP contribution in [-0.4, -0.2) is 54.5 Å². The Morgan fingerprint density at radius 1 is 0.833 bits per heavy atom. The molecule has 0 bridgehead atoms. The summed E-state index contributed by atoms with van der Waals surface area (Å²) in [5.41, 5.74) is 1.96. The van der Waals surface area contributed by atoms with Crippen molar-refractivity contribution in [1.82, 2.24) is 4.90 Å². The second kappa shape index (κ2) is 14.0. The molecule has 0 aromatic heterocycles. The van der Waals surface area contributed by atoms with Crippen LogP contribution in [0.4, 0.5) is 4.79 Å². The van der Waals surface area contributed by atoms with Gasteiger partial charge in [0.25, 0.3) is 0 Å². The smallest absolute Gasteiger partial charge is 0.411 e. The van der Waals surface area contributed by atoms with Crippen LogP contribution in [0.25, 0.3) is 0 Å². The minimum absolute atomic E-state index is 0.204. The molecule has 6 heteroatoms. The van der Waals surface area contributed by atoms with Gasteiger partial charge in [0.15, 0.2) is 0 Å². The van der Waals surface area contributed by atoms with Gasteiger partial charge in [-0.05, 0) is 70.4 Å². The van der Waals surface area contributed by atoms with Crippen molar-refractivity contribution in [3.63, 3.8) is 0 Å². The molecular formula is C30H41NO5. The van der Waals surface area contributed by atoms with E-state index in [0.29, 0.717) is 26.2 Å². The van der Waals surface area contributed by atoms with Crippen molar-refractivity contribution in [3.8, 4) is 0 Å². The molecule has 0 aliphatic carbocycles. The quantitative estimate of drug-likeness (QED) is 0.268. The highest BCUT2D eigenvalue weighted by Gasteiger charge is 2.42. The molecule has 0 spiro atoms. The summed E-state index contributed by atoms with van der Waals surface area (Å²) in [5, 5.41) is 0. The Balaban J connectivity index is 1.44. The number of nitrogens with zero attached hydrogens (tertiary/aromatic N) is 1. The van der Waals surface area contributed by atoms with Crippen molar-refractivity contribution < 1.29 is 23.8 Å². The highest BCUT2D eigenvalue weighted by atomic mass is 16.6. The summed E-state index contributed by atoms with van der Waals surface area (Å²) in [6, 6.07) is 20.0. The van der Waals surface area contributed by atoms with Crippen LogP contribution in [0.3, 0.4) is 0 Å². The summed E-state index contributed by atoms with van der Waals surface area (Å²) in [5.74, 6) is -0.379. The van der Waals surface area contributed by atoms with E-state index in [1.807, 2.05) is 45.0 Å². The van der Waals surface area contributed by atoms with Crippen LogP contribution in [0.2, 0.25) is 0 Å². The molecule has 1 aliphatic rings. The van der Waals surface area contributed by atoms with E-state index in [0.717, 1.165) is 38.5 Å². The highest BCUT2D eigenvalue weighted by Crippen LogP contribution is 2.25. The fourth-order valence-corrected chi connectivity index (χ4v) is 4.33. The van der Waals surface area contributed by atoms with Gasteiger partial charge in [0.1, 0.15) is 11.6 Å². The predicted octanol–water partition coefficient (Wildman–Crippen LogP) is 5.97. The van der Waals surface area contributed by atoms with Crippen molar-refractivity contribution in [2.24, 2.45) is 0 Å². The summed E-state index contributed by atoms with van der Waals surface area (Å²) in [6.07, 6.45) is 5.36. The number of esters is 1. The number of ether oxygens (including phenoxy) is 3. The number of rotatable bonds is 12. The maximum Gasteiger partial charge on any atom is 0.411 e. The lowest BCUT2D eigenvalue weighted by Gasteiger charge is -2.27. The van der Waals surface area contributed by atoms with Crippen LogP contribution >= 0.6 is 0 Å². The van der Waals surface area contributed by atoms with Gasteiger partial charge in [0, 0.05) is 13.0 Å². The number of carbonyl (C=O) groups is 2. The minimum Gasteiger partial charge on any atom is -0.464 e. The van der Waals surface area contributed by atoms with Gasteiger partial charge in [-0.1, -0.05) is 60.7 Å². The number of aryl methyl sites for hydroxylation is 2. The van der Waals surface area contributed by atoms with E-state index in [1.165, 1.54) is 16.0 Å². The average Bonchev–Trinajstić information content (AvgIpc) is 3.28. The van der Waals surface area contributed by atoms with Crippen molar-refractivity contribution in [2.45, 2.75) is 83.5 Å². The summed E-state index contributed by atoms with van der Waals surface area (Å²) >= 11 is 0. The molecule has 1 fully saturated rings. The summed E-state index contributed by atoms with van der Waals surface area (Å²) in [4.78, 5) is 27.2. The normalized spacial score (nSPS) is 17.7. The van der Waals surface area contributed by atoms with Crippen molar-refractivity contribution in [2.75, 3.05) is 19.8 Å². The second-order valence-corrected chi connectivity index (χ2v) is 10.4. The van der Waals surface area contributed by atoms with E-state index in [2.05, 4.69) is 36.4 Å². The monoisotopic (exact) mass is 495 g/mol. The Labute approximate surface area is 215 Å². The Morgan fingerprint density at radius 2 is 1.39 bits per heavy atom. The second-order valence-electron chi connectivity index (χ2n) is 10.4. The number of unbranched alkanes of at least 4 members (excludes halogenated alkanes) is 2. The summed E-state index contributed by atoms with van der Waals surface area (Å²) in [6.45, 7) is 6.74. The Morgan fingerprint density at radius 3 is 1.94 bits per heavy atom. The highest BCUT2D eigenvalue weighted by molar-refractivity contribution is 5.82. The van der Waals surface area contributed by atoms with Gasteiger partial charge in [0.2, 0.25) is 0 Å². The van der Waals surface area contributed by atoms with Crippen LogP contribution < -0.4 is 0 Å². The van der Waals surface area contributed by atoms with Gasteiger partial charge >= 0.3 is 12.1 Å². The Hall–Kier alpha value is -2.86. The van der Waals surface area contributed by atoms with E-state index in [-0.39, 0.29) is 12.1 Å². The first-order chi connectivity index (χ1) is 17.3. The molecule has 196 valence electrons. The van der Waals surface area contributed by atoms with Gasteiger partial charge in [0.05, 0.1) is 19.3 Å². The number of carbonyl (C=O) groups excluding carboxylic acids is 2. The van der Waals surface area contributed by atoms with Crippen molar-refractivity contribution >= 4 is 12.1 Å². The fraction of sp³-hybridized carbons (Fsp3) is 0.533. The molecule has 0 unspecified atom stereocenters. The zero-order valence-electron chi connectivity index (χ0n) is 22.0. The SMILES string of the molecule is CC(C)(C)OC(=O)N1C[C@H](OCCCCc2ccccc2)C[C@H]1C(=O)OCCCCc1ccccc1. The third kappa shape index (κ3) is 9.65. The lowest BCUT2D eigenvalue weighted by atomic mass is 10.1. The van der Waals surface area contributed by atoms with Crippen molar-refractivity contribution in [3.05, 3.63) is 71.8 Å². The molecule has 2 aromatic carbocycles. The number of hydrogen-bond donors (Lipinski definition) is 0. The van der Waals surface area contributed by atoms with E-state index >= 15 is 0 Å². The largest absolute Gasteiger partial charge is 0.464 e. The molecule has 1 aliphatic heterocycles. The average molecular weight is 496 g/mol. The lowest BCUT2D eigenvalue weighted by molar-refractivity contribution is -0.149. The lowest BCUT2D eigenvalue weighted by Crippen LogP contribution is -2.44. The number of hydrogen-bond acceptors (Lipinski definition) is 5. The molecule has 0 N–H and O–H groups in total. The zero-order valence-corrected chi connectivity index (χ0v) is 22.0. The molecule has 6 nitrogen and oxygen atoms in total. The summed E-state index contributed by atoms with van der Waals surface area (Å²) < 4.78 is 17.2. The molecular weight excluding hydrogens is 454 g/mol. The number of amides is 1.